The van der Waals surface area contributed by atoms with Crippen LogP contribution < -0.4 is 10.2 Å². The topological polar surface area (TPSA) is 28.2 Å². The van der Waals surface area contributed by atoms with Crippen molar-refractivity contribution in [2.75, 3.05) is 18.0 Å². The van der Waals surface area contributed by atoms with Crippen molar-refractivity contribution >= 4 is 5.82 Å². The summed E-state index contributed by atoms with van der Waals surface area (Å²) in [5, 5.41) is 3.60. The largest absolute Gasteiger partial charge is 0.356 e. The number of hydrogen-bond acceptors (Lipinski definition) is 3. The number of fused-ring (bicyclic) bond motifs is 1. The molecule has 3 heteroatoms. The van der Waals surface area contributed by atoms with Gasteiger partial charge in [0.2, 0.25) is 0 Å². The van der Waals surface area contributed by atoms with Gasteiger partial charge in [0.05, 0.1) is 0 Å². The molecule has 2 unspecified atom stereocenters. The second-order valence-electron chi connectivity index (χ2n) is 7.22. The SMILES string of the molecule is c1cc(CNC2CC2)cc(N2CCC3CCCCC3C2)n1. The molecule has 21 heavy (non-hydrogen) atoms. The molecule has 114 valence electrons. The zero-order valence-corrected chi connectivity index (χ0v) is 12.9. The Bertz CT molecular complexity index is 483. The quantitative estimate of drug-likeness (QED) is 0.919. The molecule has 1 N–H and O–H groups in total. The number of nitrogens with one attached hydrogen (secondary N) is 1. The summed E-state index contributed by atoms with van der Waals surface area (Å²) in [6.45, 7) is 3.44. The second-order valence-corrected chi connectivity index (χ2v) is 7.22. The van der Waals surface area contributed by atoms with Gasteiger partial charge in [-0.1, -0.05) is 19.3 Å². The highest BCUT2D eigenvalue weighted by Gasteiger charge is 2.31. The third-order valence-electron chi connectivity index (χ3n) is 5.60. The molecule has 0 spiro atoms. The third-order valence-corrected chi connectivity index (χ3v) is 5.60. The van der Waals surface area contributed by atoms with Crippen molar-refractivity contribution in [2.24, 2.45) is 11.8 Å². The highest BCUT2D eigenvalue weighted by molar-refractivity contribution is 5.41. The Kier molecular flexibility index (Phi) is 3.85. The molecule has 0 radical (unpaired) electrons. The van der Waals surface area contributed by atoms with Crippen molar-refractivity contribution in [1.82, 2.24) is 10.3 Å². The molecule has 2 aliphatic carbocycles. The monoisotopic (exact) mass is 285 g/mol. The van der Waals surface area contributed by atoms with Crippen molar-refractivity contribution in [3.8, 4) is 0 Å². The molecule has 1 aromatic rings. The average Bonchev–Trinajstić information content (AvgIpc) is 3.37. The predicted molar refractivity (Wildman–Crippen MR) is 86.4 cm³/mol. The van der Waals surface area contributed by atoms with E-state index in [0.29, 0.717) is 0 Å². The maximum atomic E-state index is 4.64. The summed E-state index contributed by atoms with van der Waals surface area (Å²) in [5.41, 5.74) is 1.39. The minimum Gasteiger partial charge on any atom is -0.356 e. The summed E-state index contributed by atoms with van der Waals surface area (Å²) in [5.74, 6) is 3.12. The second kappa shape index (κ2) is 5.96. The van der Waals surface area contributed by atoms with Crippen LogP contribution in [0.4, 0.5) is 5.82 Å². The van der Waals surface area contributed by atoms with Crippen LogP contribution in [0.5, 0.6) is 0 Å². The highest BCUT2D eigenvalue weighted by atomic mass is 15.2. The summed E-state index contributed by atoms with van der Waals surface area (Å²) < 4.78 is 0. The fourth-order valence-corrected chi connectivity index (χ4v) is 4.10. The fourth-order valence-electron chi connectivity index (χ4n) is 4.10. The molecule has 0 bridgehead atoms. The molecule has 4 rings (SSSR count). The van der Waals surface area contributed by atoms with Gasteiger partial charge in [-0.2, -0.15) is 0 Å². The van der Waals surface area contributed by atoms with Crippen LogP contribution >= 0.6 is 0 Å². The van der Waals surface area contributed by atoms with Gasteiger partial charge in [0.1, 0.15) is 5.82 Å². The van der Waals surface area contributed by atoms with Crippen LogP contribution in [0.15, 0.2) is 18.3 Å². The summed E-state index contributed by atoms with van der Waals surface area (Å²) in [7, 11) is 0. The van der Waals surface area contributed by atoms with E-state index in [4.69, 9.17) is 0 Å². The first kappa shape index (κ1) is 13.6. The third kappa shape index (κ3) is 3.23. The summed E-state index contributed by atoms with van der Waals surface area (Å²) in [4.78, 5) is 7.18. The summed E-state index contributed by atoms with van der Waals surface area (Å²) >= 11 is 0. The molecule has 3 aliphatic rings. The molecule has 3 nitrogen and oxygen atoms in total. The van der Waals surface area contributed by atoms with Gasteiger partial charge < -0.3 is 10.2 Å². The number of nitrogens with zero attached hydrogens (tertiary/aromatic N) is 2. The van der Waals surface area contributed by atoms with Crippen LogP contribution in [0.25, 0.3) is 0 Å². The van der Waals surface area contributed by atoms with E-state index in [-0.39, 0.29) is 0 Å². The normalized spacial score (nSPS) is 29.2. The van der Waals surface area contributed by atoms with Gasteiger partial charge in [0.15, 0.2) is 0 Å². The van der Waals surface area contributed by atoms with Crippen molar-refractivity contribution in [3.63, 3.8) is 0 Å². The molecule has 2 atom stereocenters. The van der Waals surface area contributed by atoms with Gasteiger partial charge in [-0.25, -0.2) is 4.98 Å². The van der Waals surface area contributed by atoms with Gasteiger partial charge >= 0.3 is 0 Å². The van der Waals surface area contributed by atoms with E-state index >= 15 is 0 Å². The van der Waals surface area contributed by atoms with Gasteiger partial charge in [-0.3, -0.25) is 0 Å². The molecule has 1 aliphatic heterocycles. The lowest BCUT2D eigenvalue weighted by Crippen LogP contribution is -2.42. The van der Waals surface area contributed by atoms with E-state index in [2.05, 4.69) is 27.3 Å². The van der Waals surface area contributed by atoms with E-state index in [1.165, 1.54) is 69.4 Å². The first-order valence-electron chi connectivity index (χ1n) is 8.82. The number of hydrogen-bond donors (Lipinski definition) is 1. The molecule has 3 fully saturated rings. The number of rotatable bonds is 4. The van der Waals surface area contributed by atoms with Gasteiger partial charge in [0.25, 0.3) is 0 Å². The molecule has 1 aromatic heterocycles. The fraction of sp³-hybridized carbons (Fsp3) is 0.722. The Labute approximate surface area is 128 Å². The molecule has 0 aromatic carbocycles. The van der Waals surface area contributed by atoms with E-state index < -0.39 is 0 Å². The van der Waals surface area contributed by atoms with E-state index in [9.17, 15) is 0 Å². The Morgan fingerprint density at radius 2 is 1.95 bits per heavy atom. The number of piperidine rings is 1. The Morgan fingerprint density at radius 3 is 2.81 bits per heavy atom. The lowest BCUT2D eigenvalue weighted by atomic mass is 9.75. The summed E-state index contributed by atoms with van der Waals surface area (Å²) in [6.07, 6.45) is 11.9. The van der Waals surface area contributed by atoms with Crippen molar-refractivity contribution in [3.05, 3.63) is 23.9 Å². The zero-order chi connectivity index (χ0) is 14.1. The van der Waals surface area contributed by atoms with Crippen LogP contribution in [0.1, 0.15) is 50.5 Å². The van der Waals surface area contributed by atoms with Gasteiger partial charge in [-0.05, 0) is 55.2 Å². The van der Waals surface area contributed by atoms with Crippen LogP contribution in [0.2, 0.25) is 0 Å². The molecular formula is C18H27N3. The lowest BCUT2D eigenvalue weighted by molar-refractivity contribution is 0.202. The number of aromatic nitrogens is 1. The van der Waals surface area contributed by atoms with Crippen molar-refractivity contribution in [2.45, 2.75) is 57.5 Å². The standard InChI is InChI=1S/C18H27N3/c1-2-4-16-13-21(10-8-15(16)3-1)18-11-14(7-9-19-18)12-20-17-5-6-17/h7,9,11,15-17,20H,1-6,8,10,12-13H2. The molecule has 2 saturated carbocycles. The first-order chi connectivity index (χ1) is 10.4. The summed E-state index contributed by atoms with van der Waals surface area (Å²) in [6, 6.07) is 5.24. The van der Waals surface area contributed by atoms with Crippen LogP contribution in [0, 0.1) is 11.8 Å². The van der Waals surface area contributed by atoms with Crippen LogP contribution in [0.3, 0.4) is 0 Å². The lowest BCUT2D eigenvalue weighted by Gasteiger charge is -2.41. The Morgan fingerprint density at radius 1 is 1.10 bits per heavy atom. The van der Waals surface area contributed by atoms with Crippen LogP contribution in [-0.4, -0.2) is 24.1 Å². The smallest absolute Gasteiger partial charge is 0.128 e. The molecular weight excluding hydrogens is 258 g/mol. The highest BCUT2D eigenvalue weighted by Crippen LogP contribution is 2.37. The van der Waals surface area contributed by atoms with Crippen LogP contribution in [-0.2, 0) is 6.54 Å². The molecule has 0 amide bonds. The van der Waals surface area contributed by atoms with E-state index in [0.717, 1.165) is 24.4 Å². The maximum absolute atomic E-state index is 4.64. The van der Waals surface area contributed by atoms with E-state index in [1.54, 1.807) is 0 Å². The average molecular weight is 285 g/mol. The van der Waals surface area contributed by atoms with Gasteiger partial charge in [0, 0.05) is 31.9 Å². The minimum absolute atomic E-state index is 0.777. The van der Waals surface area contributed by atoms with Gasteiger partial charge in [-0.15, -0.1) is 0 Å². The van der Waals surface area contributed by atoms with Crippen molar-refractivity contribution in [1.29, 1.82) is 0 Å². The molecule has 2 heterocycles. The minimum atomic E-state index is 0.777. The first-order valence-corrected chi connectivity index (χ1v) is 8.82. The Balaban J connectivity index is 1.41. The maximum Gasteiger partial charge on any atom is 0.128 e. The number of anilines is 1. The zero-order valence-electron chi connectivity index (χ0n) is 12.9. The molecule has 1 saturated heterocycles. The Hall–Kier alpha value is -1.09. The number of pyridine rings is 1. The van der Waals surface area contributed by atoms with E-state index in [1.807, 2.05) is 6.20 Å². The van der Waals surface area contributed by atoms with Crippen molar-refractivity contribution < 1.29 is 0 Å². The predicted octanol–water partition coefficient (Wildman–Crippen LogP) is 3.35.